The predicted octanol–water partition coefficient (Wildman–Crippen LogP) is 2.50. The van der Waals surface area contributed by atoms with E-state index in [4.69, 9.17) is 0 Å². The Morgan fingerprint density at radius 3 is 2.44 bits per heavy atom. The van der Waals surface area contributed by atoms with Crippen molar-refractivity contribution >= 4 is 0 Å². The second-order valence-corrected chi connectivity index (χ2v) is 5.60. The van der Waals surface area contributed by atoms with Gasteiger partial charge in [0.05, 0.1) is 12.1 Å². The van der Waals surface area contributed by atoms with Gasteiger partial charge in [0.2, 0.25) is 0 Å². The monoisotopic (exact) mass is 261 g/mol. The molecule has 2 heterocycles. The summed E-state index contributed by atoms with van der Waals surface area (Å²) in [6.07, 6.45) is -2.97. The first-order valence-corrected chi connectivity index (χ1v) is 5.95. The Morgan fingerprint density at radius 2 is 2.00 bits per heavy atom. The highest BCUT2D eigenvalue weighted by molar-refractivity contribution is 5.05. The van der Waals surface area contributed by atoms with Gasteiger partial charge in [-0.15, -0.1) is 0 Å². The molecule has 0 bridgehead atoms. The molecule has 0 saturated carbocycles. The molecule has 3 nitrogen and oxygen atoms in total. The van der Waals surface area contributed by atoms with Crippen LogP contribution in [0.25, 0.3) is 0 Å². The number of hydrogen-bond donors (Lipinski definition) is 0. The first-order valence-electron chi connectivity index (χ1n) is 5.95. The topological polar surface area (TPSA) is 21.1 Å². The molecule has 0 amide bonds. The Morgan fingerprint density at radius 1 is 1.39 bits per heavy atom. The number of likely N-dealkylation sites (tertiary alicyclic amines) is 1. The molecule has 1 saturated heterocycles. The van der Waals surface area contributed by atoms with Crippen LogP contribution in [0.1, 0.15) is 24.9 Å². The van der Waals surface area contributed by atoms with Crippen molar-refractivity contribution in [2.24, 2.45) is 12.5 Å². The van der Waals surface area contributed by atoms with Crippen LogP contribution < -0.4 is 0 Å². The molecule has 0 unspecified atom stereocenters. The Hall–Kier alpha value is -1.04. The van der Waals surface area contributed by atoms with Gasteiger partial charge in [0.15, 0.2) is 0 Å². The summed E-state index contributed by atoms with van der Waals surface area (Å²) in [5, 5.41) is 0. The molecular formula is C12H18F3N3. The van der Waals surface area contributed by atoms with Crippen molar-refractivity contribution in [3.8, 4) is 0 Å². The van der Waals surface area contributed by atoms with E-state index in [9.17, 15) is 13.2 Å². The van der Waals surface area contributed by atoms with Crippen LogP contribution in [0.5, 0.6) is 0 Å². The van der Waals surface area contributed by atoms with Gasteiger partial charge in [0.25, 0.3) is 0 Å². The van der Waals surface area contributed by atoms with E-state index in [-0.39, 0.29) is 0 Å². The third-order valence-electron chi connectivity index (χ3n) is 3.54. The minimum Gasteiger partial charge on any atom is -0.334 e. The summed E-state index contributed by atoms with van der Waals surface area (Å²) < 4.78 is 39.1. The zero-order valence-electron chi connectivity index (χ0n) is 10.9. The zero-order chi connectivity index (χ0) is 13.6. The van der Waals surface area contributed by atoms with Crippen LogP contribution in [0.2, 0.25) is 0 Å². The molecule has 0 N–H and O–H groups in total. The Balaban J connectivity index is 1.88. The van der Waals surface area contributed by atoms with E-state index in [1.165, 1.54) is 0 Å². The summed E-state index contributed by atoms with van der Waals surface area (Å²) >= 11 is 0. The first kappa shape index (κ1) is 13.4. The lowest BCUT2D eigenvalue weighted by Crippen LogP contribution is -2.55. The molecule has 0 aromatic carbocycles. The average Bonchev–Trinajstić information content (AvgIpc) is 2.44. The summed E-state index contributed by atoms with van der Waals surface area (Å²) in [5.74, 6) is 0.920. The number of rotatable bonds is 3. The number of alkyl halides is 3. The molecule has 0 spiro atoms. The number of halogens is 3. The Bertz CT molecular complexity index is 430. The lowest BCUT2D eigenvalue weighted by molar-refractivity contribution is -0.177. The zero-order valence-corrected chi connectivity index (χ0v) is 10.9. The molecular weight excluding hydrogens is 243 g/mol. The maximum Gasteiger partial charge on any atom is 0.389 e. The maximum atomic E-state index is 12.4. The number of aryl methyl sites for hydroxylation is 1. The van der Waals surface area contributed by atoms with Gasteiger partial charge in [-0.3, -0.25) is 4.90 Å². The number of imidazole rings is 1. The summed E-state index contributed by atoms with van der Waals surface area (Å²) in [6.45, 7) is 5.27. The molecule has 1 aromatic heterocycles. The lowest BCUT2D eigenvalue weighted by Gasteiger charge is -2.48. The third-order valence-corrected chi connectivity index (χ3v) is 3.54. The molecule has 1 fully saturated rings. The van der Waals surface area contributed by atoms with Crippen molar-refractivity contribution in [1.29, 1.82) is 0 Å². The third kappa shape index (κ3) is 2.85. The van der Waals surface area contributed by atoms with Crippen molar-refractivity contribution in [3.63, 3.8) is 0 Å². The standard InChI is InChI=1S/C12H18F3N3/c1-9-16-4-10(17(9)3)5-18-7-11(2,8-18)6-12(13,14)15/h4H,5-8H2,1-3H3. The highest BCUT2D eigenvalue weighted by Crippen LogP contribution is 2.40. The van der Waals surface area contributed by atoms with E-state index in [1.807, 2.05) is 23.4 Å². The smallest absolute Gasteiger partial charge is 0.334 e. The van der Waals surface area contributed by atoms with Crippen molar-refractivity contribution in [3.05, 3.63) is 17.7 Å². The van der Waals surface area contributed by atoms with E-state index >= 15 is 0 Å². The van der Waals surface area contributed by atoms with Gasteiger partial charge < -0.3 is 4.57 Å². The minimum absolute atomic E-state index is 0.497. The highest BCUT2D eigenvalue weighted by Gasteiger charge is 2.46. The molecule has 102 valence electrons. The Kier molecular flexibility index (Phi) is 3.17. The summed E-state index contributed by atoms with van der Waals surface area (Å²) in [7, 11) is 1.92. The van der Waals surface area contributed by atoms with Crippen molar-refractivity contribution in [2.45, 2.75) is 33.0 Å². The molecule has 0 atom stereocenters. The Labute approximate surface area is 105 Å². The SMILES string of the molecule is Cc1ncc(CN2CC(C)(CC(F)(F)F)C2)n1C. The molecule has 2 rings (SSSR count). The lowest BCUT2D eigenvalue weighted by atomic mass is 9.78. The fourth-order valence-corrected chi connectivity index (χ4v) is 2.67. The molecule has 0 radical (unpaired) electrons. The minimum atomic E-state index is -4.07. The van der Waals surface area contributed by atoms with Crippen LogP contribution >= 0.6 is 0 Å². The van der Waals surface area contributed by atoms with Gasteiger partial charge >= 0.3 is 6.18 Å². The van der Waals surface area contributed by atoms with Crippen LogP contribution in [0.15, 0.2) is 6.20 Å². The molecule has 0 aliphatic carbocycles. The molecule has 1 aliphatic heterocycles. The second-order valence-electron chi connectivity index (χ2n) is 5.60. The quantitative estimate of drug-likeness (QED) is 0.833. The van der Waals surface area contributed by atoms with E-state index in [1.54, 1.807) is 13.1 Å². The van der Waals surface area contributed by atoms with Crippen LogP contribution in [0.3, 0.4) is 0 Å². The molecule has 1 aromatic rings. The summed E-state index contributed by atoms with van der Waals surface area (Å²) in [6, 6.07) is 0. The van der Waals surface area contributed by atoms with E-state index in [0.29, 0.717) is 19.6 Å². The first-order chi connectivity index (χ1) is 8.19. The van der Waals surface area contributed by atoms with E-state index in [2.05, 4.69) is 4.98 Å². The van der Waals surface area contributed by atoms with E-state index < -0.39 is 18.0 Å². The van der Waals surface area contributed by atoms with Crippen LogP contribution in [0, 0.1) is 12.3 Å². The fourth-order valence-electron chi connectivity index (χ4n) is 2.67. The number of aromatic nitrogens is 2. The van der Waals surface area contributed by atoms with Gasteiger partial charge in [-0.2, -0.15) is 13.2 Å². The number of hydrogen-bond acceptors (Lipinski definition) is 2. The largest absolute Gasteiger partial charge is 0.389 e. The predicted molar refractivity (Wildman–Crippen MR) is 62.0 cm³/mol. The van der Waals surface area contributed by atoms with Gasteiger partial charge in [0, 0.05) is 38.3 Å². The van der Waals surface area contributed by atoms with Crippen LogP contribution in [-0.4, -0.2) is 33.7 Å². The molecule has 18 heavy (non-hydrogen) atoms. The van der Waals surface area contributed by atoms with Gasteiger partial charge in [-0.25, -0.2) is 4.98 Å². The van der Waals surface area contributed by atoms with Gasteiger partial charge in [0.1, 0.15) is 5.82 Å². The molecule has 6 heteroatoms. The maximum absolute atomic E-state index is 12.4. The fraction of sp³-hybridized carbons (Fsp3) is 0.750. The van der Waals surface area contributed by atoms with Crippen LogP contribution in [0.4, 0.5) is 13.2 Å². The van der Waals surface area contributed by atoms with E-state index in [0.717, 1.165) is 11.5 Å². The second kappa shape index (κ2) is 4.26. The summed E-state index contributed by atoms with van der Waals surface area (Å²) in [5.41, 5.74) is 0.424. The van der Waals surface area contributed by atoms with Crippen LogP contribution in [-0.2, 0) is 13.6 Å². The van der Waals surface area contributed by atoms with Crippen molar-refractivity contribution in [1.82, 2.24) is 14.5 Å². The van der Waals surface area contributed by atoms with Gasteiger partial charge in [-0.05, 0) is 6.92 Å². The molecule has 1 aliphatic rings. The van der Waals surface area contributed by atoms with Crippen molar-refractivity contribution in [2.75, 3.05) is 13.1 Å². The summed E-state index contributed by atoms with van der Waals surface area (Å²) in [4.78, 5) is 6.21. The van der Waals surface area contributed by atoms with Crippen molar-refractivity contribution < 1.29 is 13.2 Å². The van der Waals surface area contributed by atoms with Gasteiger partial charge in [-0.1, -0.05) is 6.92 Å². The number of nitrogens with zero attached hydrogens (tertiary/aromatic N) is 3. The normalized spacial score (nSPS) is 19.9. The highest BCUT2D eigenvalue weighted by atomic mass is 19.4. The average molecular weight is 261 g/mol.